The van der Waals surface area contributed by atoms with Crippen molar-refractivity contribution in [1.29, 1.82) is 0 Å². The fourth-order valence-corrected chi connectivity index (χ4v) is 2.11. The number of carbonyl (C=O) groups excluding carboxylic acids is 1. The van der Waals surface area contributed by atoms with E-state index in [1.165, 1.54) is 17.1 Å². The van der Waals surface area contributed by atoms with Gasteiger partial charge in [-0.3, -0.25) is 19.6 Å². The number of nitro groups is 1. The molecule has 7 nitrogen and oxygen atoms in total. The van der Waals surface area contributed by atoms with Gasteiger partial charge in [-0.2, -0.15) is 5.10 Å². The van der Waals surface area contributed by atoms with Crippen LogP contribution in [0.2, 0.25) is 0 Å². The first kappa shape index (κ1) is 15.7. The van der Waals surface area contributed by atoms with Crippen LogP contribution in [0.25, 0.3) is 0 Å². The Kier molecular flexibility index (Phi) is 5.24. The van der Waals surface area contributed by atoms with E-state index >= 15 is 0 Å². The van der Waals surface area contributed by atoms with E-state index in [4.69, 9.17) is 0 Å². The van der Waals surface area contributed by atoms with Crippen molar-refractivity contribution < 1.29 is 9.72 Å². The lowest BCUT2D eigenvalue weighted by molar-refractivity contribution is -0.385. The van der Waals surface area contributed by atoms with Crippen molar-refractivity contribution >= 4 is 11.6 Å². The minimum Gasteiger partial charge on any atom is -0.350 e. The number of nitrogens with zero attached hydrogens (tertiary/aromatic N) is 3. The lowest BCUT2D eigenvalue weighted by Crippen LogP contribution is -2.26. The van der Waals surface area contributed by atoms with E-state index in [2.05, 4.69) is 10.4 Å². The Morgan fingerprint density at radius 1 is 1.41 bits per heavy atom. The molecule has 0 saturated carbocycles. The Labute approximate surface area is 128 Å². The van der Waals surface area contributed by atoms with Gasteiger partial charge in [-0.1, -0.05) is 30.3 Å². The van der Waals surface area contributed by atoms with E-state index in [1.54, 1.807) is 0 Å². The fraction of sp³-hybridized carbons (Fsp3) is 0.333. The molecular weight excluding hydrogens is 284 g/mol. The summed E-state index contributed by atoms with van der Waals surface area (Å²) in [6, 6.07) is 9.69. The summed E-state index contributed by atoms with van der Waals surface area (Å²) in [5.41, 5.74) is 1.01. The van der Waals surface area contributed by atoms with Crippen LogP contribution in [0.5, 0.6) is 0 Å². The van der Waals surface area contributed by atoms with Crippen LogP contribution in [0.15, 0.2) is 42.7 Å². The maximum atomic E-state index is 11.9. The molecule has 0 unspecified atom stereocenters. The molecule has 0 spiro atoms. The Balaban J connectivity index is 1.74. The van der Waals surface area contributed by atoms with Crippen molar-refractivity contribution in [3.05, 3.63) is 58.4 Å². The first-order valence-corrected chi connectivity index (χ1v) is 7.07. The zero-order valence-electron chi connectivity index (χ0n) is 12.3. The minimum atomic E-state index is -0.488. The molecule has 1 heterocycles. The second-order valence-corrected chi connectivity index (χ2v) is 5.02. The summed E-state index contributed by atoms with van der Waals surface area (Å²) in [5, 5.41) is 17.4. The summed E-state index contributed by atoms with van der Waals surface area (Å²) < 4.78 is 1.48. The third kappa shape index (κ3) is 4.41. The first-order chi connectivity index (χ1) is 10.6. The lowest BCUT2D eigenvalue weighted by atomic mass is 10.1. The summed E-state index contributed by atoms with van der Waals surface area (Å²) in [5.74, 6) is -0.0435. The van der Waals surface area contributed by atoms with E-state index in [0.717, 1.165) is 5.56 Å². The summed E-state index contributed by atoms with van der Waals surface area (Å²) >= 11 is 0. The largest absolute Gasteiger partial charge is 0.350 e. The predicted molar refractivity (Wildman–Crippen MR) is 81.1 cm³/mol. The van der Waals surface area contributed by atoms with Crippen LogP contribution >= 0.6 is 0 Å². The number of nitrogens with one attached hydrogen (secondary N) is 1. The molecule has 0 aliphatic heterocycles. The Morgan fingerprint density at radius 2 is 2.14 bits per heavy atom. The van der Waals surface area contributed by atoms with Crippen LogP contribution in [-0.4, -0.2) is 20.6 Å². The molecule has 0 aliphatic rings. The van der Waals surface area contributed by atoms with Crippen LogP contribution in [0.1, 0.15) is 31.4 Å². The SMILES string of the molecule is C[C@@H](NC(=O)CCCn1cc([N+](=O)[O-])cn1)c1ccccc1. The molecule has 0 bridgehead atoms. The number of hydrogen-bond donors (Lipinski definition) is 1. The van der Waals surface area contributed by atoms with Crippen LogP contribution in [0.3, 0.4) is 0 Å². The van der Waals surface area contributed by atoms with Crippen molar-refractivity contribution in [2.75, 3.05) is 0 Å². The molecule has 0 radical (unpaired) electrons. The summed E-state index contributed by atoms with van der Waals surface area (Å²) in [7, 11) is 0. The smallest absolute Gasteiger partial charge is 0.306 e. The molecule has 1 aromatic heterocycles. The van der Waals surface area contributed by atoms with Gasteiger partial charge in [0.15, 0.2) is 0 Å². The quantitative estimate of drug-likeness (QED) is 0.628. The molecule has 22 heavy (non-hydrogen) atoms. The number of aryl methyl sites for hydroxylation is 1. The van der Waals surface area contributed by atoms with Gasteiger partial charge in [-0.15, -0.1) is 0 Å². The third-order valence-electron chi connectivity index (χ3n) is 3.30. The minimum absolute atomic E-state index is 0.0397. The molecule has 1 N–H and O–H groups in total. The van der Waals surface area contributed by atoms with Gasteiger partial charge in [0.1, 0.15) is 12.4 Å². The molecule has 7 heteroatoms. The average molecular weight is 302 g/mol. The van der Waals surface area contributed by atoms with E-state index in [9.17, 15) is 14.9 Å². The van der Waals surface area contributed by atoms with Gasteiger partial charge < -0.3 is 5.32 Å². The highest BCUT2D eigenvalue weighted by Gasteiger charge is 2.11. The van der Waals surface area contributed by atoms with E-state index in [0.29, 0.717) is 19.4 Å². The van der Waals surface area contributed by atoms with Gasteiger partial charge in [0, 0.05) is 13.0 Å². The molecule has 2 aromatic rings. The molecule has 1 aromatic carbocycles. The monoisotopic (exact) mass is 302 g/mol. The zero-order chi connectivity index (χ0) is 15.9. The van der Waals surface area contributed by atoms with Crippen LogP contribution < -0.4 is 5.32 Å². The van der Waals surface area contributed by atoms with Gasteiger partial charge >= 0.3 is 5.69 Å². The predicted octanol–water partition coefficient (Wildman–Crippen LogP) is 2.45. The Morgan fingerprint density at radius 3 is 2.77 bits per heavy atom. The second-order valence-electron chi connectivity index (χ2n) is 5.02. The number of hydrogen-bond acceptors (Lipinski definition) is 4. The molecule has 1 amide bonds. The highest BCUT2D eigenvalue weighted by atomic mass is 16.6. The molecule has 2 rings (SSSR count). The van der Waals surface area contributed by atoms with Crippen molar-refractivity contribution in [1.82, 2.24) is 15.1 Å². The normalized spacial score (nSPS) is 11.9. The second kappa shape index (κ2) is 7.35. The zero-order valence-corrected chi connectivity index (χ0v) is 12.3. The van der Waals surface area contributed by atoms with Gasteiger partial charge in [0.2, 0.25) is 5.91 Å². The highest BCUT2D eigenvalue weighted by Crippen LogP contribution is 2.12. The molecule has 1 atom stereocenters. The average Bonchev–Trinajstić information content (AvgIpc) is 2.97. The summed E-state index contributed by atoms with van der Waals surface area (Å²) in [6.07, 6.45) is 3.50. The van der Waals surface area contributed by atoms with Crippen molar-refractivity contribution in [3.63, 3.8) is 0 Å². The number of rotatable bonds is 7. The molecule has 0 fully saturated rings. The van der Waals surface area contributed by atoms with Crippen molar-refractivity contribution in [3.8, 4) is 0 Å². The molecule has 0 aliphatic carbocycles. The number of benzene rings is 1. The molecule has 0 saturated heterocycles. The number of carbonyl (C=O) groups is 1. The first-order valence-electron chi connectivity index (χ1n) is 7.07. The van der Waals surface area contributed by atoms with E-state index in [-0.39, 0.29) is 17.6 Å². The van der Waals surface area contributed by atoms with Gasteiger partial charge in [-0.25, -0.2) is 0 Å². The summed E-state index contributed by atoms with van der Waals surface area (Å²) in [4.78, 5) is 21.9. The van der Waals surface area contributed by atoms with Crippen LogP contribution in [-0.2, 0) is 11.3 Å². The Bertz CT molecular complexity index is 639. The van der Waals surface area contributed by atoms with Crippen molar-refractivity contribution in [2.45, 2.75) is 32.4 Å². The maximum absolute atomic E-state index is 11.9. The van der Waals surface area contributed by atoms with E-state index in [1.807, 2.05) is 37.3 Å². The molecule has 116 valence electrons. The fourth-order valence-electron chi connectivity index (χ4n) is 2.11. The molecular formula is C15H18N4O3. The van der Waals surface area contributed by atoms with Gasteiger partial charge in [0.25, 0.3) is 0 Å². The van der Waals surface area contributed by atoms with Crippen molar-refractivity contribution in [2.24, 2.45) is 0 Å². The standard InChI is InChI=1S/C15H18N4O3/c1-12(13-6-3-2-4-7-13)17-15(20)8-5-9-18-11-14(10-16-18)19(21)22/h2-4,6-7,10-12H,5,8-9H2,1H3,(H,17,20)/t12-/m1/s1. The maximum Gasteiger partial charge on any atom is 0.306 e. The van der Waals surface area contributed by atoms with Gasteiger partial charge in [-0.05, 0) is 18.9 Å². The third-order valence-corrected chi connectivity index (χ3v) is 3.30. The van der Waals surface area contributed by atoms with Gasteiger partial charge in [0.05, 0.1) is 11.0 Å². The van der Waals surface area contributed by atoms with Crippen LogP contribution in [0, 0.1) is 10.1 Å². The topological polar surface area (TPSA) is 90.1 Å². The van der Waals surface area contributed by atoms with E-state index < -0.39 is 4.92 Å². The number of aromatic nitrogens is 2. The summed E-state index contributed by atoms with van der Waals surface area (Å²) in [6.45, 7) is 2.41. The Hall–Kier alpha value is -2.70. The number of amides is 1. The van der Waals surface area contributed by atoms with Crippen LogP contribution in [0.4, 0.5) is 5.69 Å². The lowest BCUT2D eigenvalue weighted by Gasteiger charge is -2.14. The highest BCUT2D eigenvalue weighted by molar-refractivity contribution is 5.76.